The molecule has 0 aliphatic rings. The van der Waals surface area contributed by atoms with E-state index in [9.17, 15) is 18.0 Å². The Labute approximate surface area is 192 Å². The Balaban J connectivity index is 1.55. The van der Waals surface area contributed by atoms with E-state index >= 15 is 0 Å². The summed E-state index contributed by atoms with van der Waals surface area (Å²) in [6.07, 6.45) is 0. The minimum Gasteiger partial charge on any atom is -0.495 e. The molecule has 3 rings (SSSR count). The second kappa shape index (κ2) is 11.0. The van der Waals surface area contributed by atoms with Crippen LogP contribution in [0.3, 0.4) is 0 Å². The lowest BCUT2D eigenvalue weighted by molar-refractivity contribution is -0.115. The molecule has 172 valence electrons. The number of sulfonamides is 1. The molecule has 0 atom stereocenters. The van der Waals surface area contributed by atoms with E-state index in [1.807, 2.05) is 30.3 Å². The van der Waals surface area contributed by atoms with Crippen LogP contribution < -0.4 is 25.4 Å². The number of carbonyl (C=O) groups is 2. The van der Waals surface area contributed by atoms with Crippen LogP contribution in [-0.4, -0.2) is 34.0 Å². The van der Waals surface area contributed by atoms with Gasteiger partial charge in [0.1, 0.15) is 5.75 Å². The number of hydrogen-bond donors (Lipinski definition) is 4. The van der Waals surface area contributed by atoms with Crippen LogP contribution in [0.5, 0.6) is 5.75 Å². The lowest BCUT2D eigenvalue weighted by Gasteiger charge is -2.13. The van der Waals surface area contributed by atoms with E-state index in [2.05, 4.69) is 20.7 Å². The minimum absolute atomic E-state index is 0.0419. The third-order valence-electron chi connectivity index (χ3n) is 4.48. The number of hydrogen-bond acceptors (Lipinski definition) is 5. The van der Waals surface area contributed by atoms with E-state index in [1.165, 1.54) is 25.3 Å². The summed E-state index contributed by atoms with van der Waals surface area (Å²) in [5, 5.41) is 7.68. The highest BCUT2D eigenvalue weighted by Crippen LogP contribution is 2.26. The summed E-state index contributed by atoms with van der Waals surface area (Å²) < 4.78 is 33.2. The standard InChI is InChI=1S/C23H24N4O5S/c1-32-21-13-6-5-12-20(21)27-33(30,31)19-11-7-10-18(14-19)26-22(28)16-25-23(29)24-15-17-8-3-2-4-9-17/h2-14,27H,15-16H2,1H3,(H,26,28)(H2,24,25,29). The Morgan fingerprint density at radius 3 is 2.36 bits per heavy atom. The van der Waals surface area contributed by atoms with Gasteiger partial charge < -0.3 is 20.7 Å². The Morgan fingerprint density at radius 1 is 0.879 bits per heavy atom. The normalized spacial score (nSPS) is 10.7. The highest BCUT2D eigenvalue weighted by molar-refractivity contribution is 7.92. The monoisotopic (exact) mass is 468 g/mol. The number of benzene rings is 3. The van der Waals surface area contributed by atoms with Crippen molar-refractivity contribution in [2.75, 3.05) is 23.7 Å². The first-order chi connectivity index (χ1) is 15.9. The number of amides is 3. The van der Waals surface area contributed by atoms with Gasteiger partial charge in [0, 0.05) is 12.2 Å². The Morgan fingerprint density at radius 2 is 1.61 bits per heavy atom. The molecule has 4 N–H and O–H groups in total. The van der Waals surface area contributed by atoms with Crippen molar-refractivity contribution in [2.24, 2.45) is 0 Å². The molecule has 10 heteroatoms. The molecule has 3 amide bonds. The molecular formula is C23H24N4O5S. The largest absolute Gasteiger partial charge is 0.495 e. The first-order valence-electron chi connectivity index (χ1n) is 9.99. The SMILES string of the molecule is COc1ccccc1NS(=O)(=O)c1cccc(NC(=O)CNC(=O)NCc2ccccc2)c1. The fourth-order valence-corrected chi connectivity index (χ4v) is 4.00. The zero-order chi connectivity index (χ0) is 23.7. The minimum atomic E-state index is -3.92. The Bertz CT molecular complexity index is 1220. The highest BCUT2D eigenvalue weighted by Gasteiger charge is 2.17. The predicted molar refractivity (Wildman–Crippen MR) is 126 cm³/mol. The lowest BCUT2D eigenvalue weighted by atomic mass is 10.2. The van der Waals surface area contributed by atoms with Gasteiger partial charge in [-0.05, 0) is 35.9 Å². The molecule has 0 bridgehead atoms. The summed E-state index contributed by atoms with van der Waals surface area (Å²) in [7, 11) is -2.48. The van der Waals surface area contributed by atoms with Crippen molar-refractivity contribution in [3.63, 3.8) is 0 Å². The van der Waals surface area contributed by atoms with Crippen molar-refractivity contribution in [2.45, 2.75) is 11.4 Å². The molecule has 0 radical (unpaired) electrons. The van der Waals surface area contributed by atoms with Gasteiger partial charge in [0.25, 0.3) is 10.0 Å². The molecule has 0 saturated carbocycles. The molecule has 9 nitrogen and oxygen atoms in total. The topological polar surface area (TPSA) is 126 Å². The van der Waals surface area contributed by atoms with Crippen LogP contribution in [0.25, 0.3) is 0 Å². The van der Waals surface area contributed by atoms with Gasteiger partial charge in [-0.25, -0.2) is 13.2 Å². The number of para-hydroxylation sites is 2. The third kappa shape index (κ3) is 6.97. The molecule has 3 aromatic carbocycles. The van der Waals surface area contributed by atoms with Crippen molar-refractivity contribution in [1.82, 2.24) is 10.6 Å². The van der Waals surface area contributed by atoms with Crippen molar-refractivity contribution >= 4 is 33.3 Å². The smallest absolute Gasteiger partial charge is 0.315 e. The molecule has 0 heterocycles. The second-order valence-corrected chi connectivity index (χ2v) is 8.59. The fraction of sp³-hybridized carbons (Fsp3) is 0.130. The molecule has 0 aliphatic carbocycles. The summed E-state index contributed by atoms with van der Waals surface area (Å²) in [6.45, 7) is 0.0461. The van der Waals surface area contributed by atoms with Gasteiger partial charge in [-0.15, -0.1) is 0 Å². The van der Waals surface area contributed by atoms with Crippen molar-refractivity contribution < 1.29 is 22.7 Å². The summed E-state index contributed by atoms with van der Waals surface area (Å²) >= 11 is 0. The van der Waals surface area contributed by atoms with Gasteiger partial charge in [-0.2, -0.15) is 0 Å². The van der Waals surface area contributed by atoms with Gasteiger partial charge in [-0.1, -0.05) is 48.5 Å². The number of carbonyl (C=O) groups excluding carboxylic acids is 2. The zero-order valence-electron chi connectivity index (χ0n) is 17.9. The van der Waals surface area contributed by atoms with Crippen LogP contribution in [0, 0.1) is 0 Å². The summed E-state index contributed by atoms with van der Waals surface area (Å²) in [4.78, 5) is 24.0. The van der Waals surface area contributed by atoms with Crippen molar-refractivity contribution in [1.29, 1.82) is 0 Å². The molecule has 0 aliphatic heterocycles. The predicted octanol–water partition coefficient (Wildman–Crippen LogP) is 2.93. The molecule has 0 unspecified atom stereocenters. The number of methoxy groups -OCH3 is 1. The molecule has 3 aromatic rings. The molecule has 33 heavy (non-hydrogen) atoms. The van der Waals surface area contributed by atoms with Crippen molar-refractivity contribution in [3.8, 4) is 5.75 Å². The first-order valence-corrected chi connectivity index (χ1v) is 11.5. The van der Waals surface area contributed by atoms with Crippen LogP contribution in [-0.2, 0) is 21.4 Å². The molecule has 0 aromatic heterocycles. The van der Waals surface area contributed by atoms with E-state index in [0.717, 1.165) is 5.56 Å². The van der Waals surface area contributed by atoms with E-state index in [4.69, 9.17) is 4.74 Å². The number of ether oxygens (including phenoxy) is 1. The maximum absolute atomic E-state index is 12.8. The van der Waals surface area contributed by atoms with E-state index in [1.54, 1.807) is 30.3 Å². The molecule has 0 fully saturated rings. The first kappa shape index (κ1) is 23.6. The molecule has 0 saturated heterocycles. The highest BCUT2D eigenvalue weighted by atomic mass is 32.2. The number of urea groups is 1. The maximum atomic E-state index is 12.8. The fourth-order valence-electron chi connectivity index (χ4n) is 2.88. The number of nitrogens with one attached hydrogen (secondary N) is 4. The summed E-state index contributed by atoms with van der Waals surface area (Å²) in [6, 6.07) is 21.3. The second-order valence-electron chi connectivity index (χ2n) is 6.90. The lowest BCUT2D eigenvalue weighted by Crippen LogP contribution is -2.39. The van der Waals surface area contributed by atoms with Gasteiger partial charge in [0.2, 0.25) is 5.91 Å². The van der Waals surface area contributed by atoms with Crippen LogP contribution in [0.4, 0.5) is 16.2 Å². The van der Waals surface area contributed by atoms with Gasteiger partial charge >= 0.3 is 6.03 Å². The van der Waals surface area contributed by atoms with E-state index in [0.29, 0.717) is 18.0 Å². The van der Waals surface area contributed by atoms with Gasteiger partial charge in [0.05, 0.1) is 24.2 Å². The Hall–Kier alpha value is -4.05. The van der Waals surface area contributed by atoms with Crippen LogP contribution in [0.2, 0.25) is 0 Å². The maximum Gasteiger partial charge on any atom is 0.315 e. The van der Waals surface area contributed by atoms with E-state index < -0.39 is 22.0 Å². The quantitative estimate of drug-likeness (QED) is 0.384. The van der Waals surface area contributed by atoms with E-state index in [-0.39, 0.29) is 17.1 Å². The number of rotatable bonds is 9. The van der Waals surface area contributed by atoms with Crippen LogP contribution in [0.1, 0.15) is 5.56 Å². The average molecular weight is 469 g/mol. The average Bonchev–Trinajstić information content (AvgIpc) is 2.82. The third-order valence-corrected chi connectivity index (χ3v) is 5.85. The molecular weight excluding hydrogens is 444 g/mol. The summed E-state index contributed by atoms with van der Waals surface area (Å²) in [5.74, 6) is -0.126. The molecule has 0 spiro atoms. The Kier molecular flexibility index (Phi) is 7.87. The van der Waals surface area contributed by atoms with Gasteiger partial charge in [0.15, 0.2) is 0 Å². The van der Waals surface area contributed by atoms with Crippen LogP contribution in [0.15, 0.2) is 83.8 Å². The number of anilines is 2. The zero-order valence-corrected chi connectivity index (χ0v) is 18.7. The summed E-state index contributed by atoms with van der Waals surface area (Å²) in [5.41, 5.74) is 1.49. The van der Waals surface area contributed by atoms with Crippen LogP contribution >= 0.6 is 0 Å². The van der Waals surface area contributed by atoms with Gasteiger partial charge in [-0.3, -0.25) is 9.52 Å². The van der Waals surface area contributed by atoms with Crippen molar-refractivity contribution in [3.05, 3.63) is 84.4 Å².